The smallest absolute Gasteiger partial charge is 0.225 e. The highest BCUT2D eigenvalue weighted by Gasteiger charge is 2.27. The SMILES string of the molecule is CC(Cc1cccc(F)c1)C(=O)N1CCC(NCC2CC2)CC1. The molecule has 1 saturated carbocycles. The molecule has 4 heteroatoms. The Kier molecular flexibility index (Phi) is 5.31. The van der Waals surface area contributed by atoms with E-state index in [4.69, 9.17) is 0 Å². The molecular weight excluding hydrogens is 291 g/mol. The van der Waals surface area contributed by atoms with Crippen LogP contribution in [0.3, 0.4) is 0 Å². The first kappa shape index (κ1) is 16.4. The number of benzene rings is 1. The predicted molar refractivity (Wildman–Crippen MR) is 89.6 cm³/mol. The van der Waals surface area contributed by atoms with Crippen LogP contribution in [0.4, 0.5) is 4.39 Å². The average molecular weight is 318 g/mol. The summed E-state index contributed by atoms with van der Waals surface area (Å²) in [5.41, 5.74) is 0.895. The van der Waals surface area contributed by atoms with Crippen LogP contribution in [0.2, 0.25) is 0 Å². The van der Waals surface area contributed by atoms with E-state index in [2.05, 4.69) is 5.32 Å². The third-order valence-electron chi connectivity index (χ3n) is 5.05. The maximum atomic E-state index is 13.2. The van der Waals surface area contributed by atoms with Gasteiger partial charge < -0.3 is 10.2 Å². The Bertz CT molecular complexity index is 536. The summed E-state index contributed by atoms with van der Waals surface area (Å²) in [6.07, 6.45) is 5.45. The molecule has 3 rings (SSSR count). The third-order valence-corrected chi connectivity index (χ3v) is 5.05. The molecule has 1 heterocycles. The number of nitrogens with one attached hydrogen (secondary N) is 1. The summed E-state index contributed by atoms with van der Waals surface area (Å²) in [4.78, 5) is 14.6. The standard InChI is InChI=1S/C19H27FN2O/c1-14(11-16-3-2-4-17(20)12-16)19(23)22-9-7-18(8-10-22)21-13-15-5-6-15/h2-4,12,14-15,18,21H,5-11,13H2,1H3. The third kappa shape index (κ3) is 4.77. The van der Waals surface area contributed by atoms with E-state index >= 15 is 0 Å². The molecule has 23 heavy (non-hydrogen) atoms. The summed E-state index contributed by atoms with van der Waals surface area (Å²) < 4.78 is 13.2. The van der Waals surface area contributed by atoms with Gasteiger partial charge in [-0.15, -0.1) is 0 Å². The Labute approximate surface area is 138 Å². The second kappa shape index (κ2) is 7.43. The van der Waals surface area contributed by atoms with E-state index in [9.17, 15) is 9.18 Å². The molecule has 126 valence electrons. The zero-order chi connectivity index (χ0) is 16.2. The Morgan fingerprint density at radius 3 is 2.70 bits per heavy atom. The fourth-order valence-electron chi connectivity index (χ4n) is 3.38. The van der Waals surface area contributed by atoms with Crippen LogP contribution in [0.25, 0.3) is 0 Å². The Balaban J connectivity index is 1.44. The van der Waals surface area contributed by atoms with Crippen molar-refractivity contribution < 1.29 is 9.18 Å². The summed E-state index contributed by atoms with van der Waals surface area (Å²) in [5.74, 6) is 0.785. The molecule has 1 N–H and O–H groups in total. The van der Waals surface area contributed by atoms with Gasteiger partial charge in [0.25, 0.3) is 0 Å². The minimum atomic E-state index is -0.232. The predicted octanol–water partition coefficient (Wildman–Crippen LogP) is 2.99. The van der Waals surface area contributed by atoms with E-state index in [1.807, 2.05) is 17.9 Å². The minimum absolute atomic E-state index is 0.0900. The highest BCUT2D eigenvalue weighted by atomic mass is 19.1. The van der Waals surface area contributed by atoms with Crippen LogP contribution in [0, 0.1) is 17.7 Å². The van der Waals surface area contributed by atoms with Crippen molar-refractivity contribution in [3.63, 3.8) is 0 Å². The number of carbonyl (C=O) groups excluding carboxylic acids is 1. The van der Waals surface area contributed by atoms with Crippen molar-refractivity contribution in [2.24, 2.45) is 11.8 Å². The maximum absolute atomic E-state index is 13.2. The van der Waals surface area contributed by atoms with Crippen molar-refractivity contribution in [1.29, 1.82) is 0 Å². The molecule has 1 aromatic carbocycles. The number of piperidine rings is 1. The summed E-state index contributed by atoms with van der Waals surface area (Å²) >= 11 is 0. The van der Waals surface area contributed by atoms with Crippen LogP contribution in [0.5, 0.6) is 0 Å². The van der Waals surface area contributed by atoms with Gasteiger partial charge in [-0.3, -0.25) is 4.79 Å². The van der Waals surface area contributed by atoms with Crippen molar-refractivity contribution in [3.05, 3.63) is 35.6 Å². The zero-order valence-electron chi connectivity index (χ0n) is 13.9. The highest BCUT2D eigenvalue weighted by Crippen LogP contribution is 2.28. The first-order valence-electron chi connectivity index (χ1n) is 8.88. The van der Waals surface area contributed by atoms with Gasteiger partial charge >= 0.3 is 0 Å². The Morgan fingerprint density at radius 1 is 1.30 bits per heavy atom. The van der Waals surface area contributed by atoms with Crippen molar-refractivity contribution in [3.8, 4) is 0 Å². The molecule has 3 nitrogen and oxygen atoms in total. The van der Waals surface area contributed by atoms with Gasteiger partial charge in [0.05, 0.1) is 0 Å². The number of hydrogen-bond acceptors (Lipinski definition) is 2. The van der Waals surface area contributed by atoms with Crippen molar-refractivity contribution in [2.75, 3.05) is 19.6 Å². The second-order valence-electron chi connectivity index (χ2n) is 7.19. The van der Waals surface area contributed by atoms with E-state index in [-0.39, 0.29) is 17.6 Å². The van der Waals surface area contributed by atoms with Gasteiger partial charge in [-0.2, -0.15) is 0 Å². The van der Waals surface area contributed by atoms with Gasteiger partial charge in [-0.25, -0.2) is 4.39 Å². The Hall–Kier alpha value is -1.42. The lowest BCUT2D eigenvalue weighted by atomic mass is 9.97. The van der Waals surface area contributed by atoms with Crippen LogP contribution in [0.15, 0.2) is 24.3 Å². The molecular formula is C19H27FN2O. The maximum Gasteiger partial charge on any atom is 0.225 e. The Morgan fingerprint density at radius 2 is 2.04 bits per heavy atom. The van der Waals surface area contributed by atoms with Gasteiger partial charge in [0, 0.05) is 25.0 Å². The van der Waals surface area contributed by atoms with E-state index in [1.54, 1.807) is 6.07 Å². The van der Waals surface area contributed by atoms with Gasteiger partial charge in [0.1, 0.15) is 5.82 Å². The lowest BCUT2D eigenvalue weighted by Crippen LogP contribution is -2.47. The van der Waals surface area contributed by atoms with Crippen LogP contribution in [-0.2, 0) is 11.2 Å². The monoisotopic (exact) mass is 318 g/mol. The van der Waals surface area contributed by atoms with E-state index in [1.165, 1.54) is 25.0 Å². The number of nitrogens with zero attached hydrogens (tertiary/aromatic N) is 1. The topological polar surface area (TPSA) is 32.3 Å². The average Bonchev–Trinajstić information content (AvgIpc) is 3.37. The number of rotatable bonds is 6. The normalized spacial score (nSPS) is 20.5. The molecule has 0 bridgehead atoms. The van der Waals surface area contributed by atoms with Crippen LogP contribution in [0.1, 0.15) is 38.2 Å². The summed E-state index contributed by atoms with van der Waals surface area (Å²) in [5, 5.41) is 3.64. The molecule has 0 aromatic heterocycles. The molecule has 1 aromatic rings. The van der Waals surface area contributed by atoms with E-state index in [0.29, 0.717) is 12.5 Å². The lowest BCUT2D eigenvalue weighted by Gasteiger charge is -2.34. The summed E-state index contributed by atoms with van der Waals surface area (Å²) in [7, 11) is 0. The van der Waals surface area contributed by atoms with Gasteiger partial charge in [0.2, 0.25) is 5.91 Å². The fraction of sp³-hybridized carbons (Fsp3) is 0.632. The van der Waals surface area contributed by atoms with Gasteiger partial charge in [-0.1, -0.05) is 19.1 Å². The highest BCUT2D eigenvalue weighted by molar-refractivity contribution is 5.78. The minimum Gasteiger partial charge on any atom is -0.342 e. The number of carbonyl (C=O) groups is 1. The molecule has 1 unspecified atom stereocenters. The fourth-order valence-corrected chi connectivity index (χ4v) is 3.38. The summed E-state index contributed by atoms with van der Waals surface area (Å²) in [6, 6.07) is 7.13. The molecule has 2 aliphatic rings. The van der Waals surface area contributed by atoms with Crippen LogP contribution < -0.4 is 5.32 Å². The second-order valence-corrected chi connectivity index (χ2v) is 7.19. The molecule has 1 amide bonds. The molecule has 1 saturated heterocycles. The van der Waals surface area contributed by atoms with Crippen LogP contribution >= 0.6 is 0 Å². The van der Waals surface area contributed by atoms with Crippen LogP contribution in [-0.4, -0.2) is 36.5 Å². The molecule has 1 atom stereocenters. The van der Waals surface area contributed by atoms with Crippen molar-refractivity contribution >= 4 is 5.91 Å². The molecule has 2 fully saturated rings. The van der Waals surface area contributed by atoms with Gasteiger partial charge in [0.15, 0.2) is 0 Å². The van der Waals surface area contributed by atoms with Crippen molar-refractivity contribution in [1.82, 2.24) is 10.2 Å². The van der Waals surface area contributed by atoms with Gasteiger partial charge in [-0.05, 0) is 62.3 Å². The quantitative estimate of drug-likeness (QED) is 0.874. The molecule has 1 aliphatic carbocycles. The lowest BCUT2D eigenvalue weighted by molar-refractivity contribution is -0.136. The van der Waals surface area contributed by atoms with Crippen molar-refractivity contribution in [2.45, 2.75) is 45.1 Å². The van der Waals surface area contributed by atoms with E-state index < -0.39 is 0 Å². The number of likely N-dealkylation sites (tertiary alicyclic amines) is 1. The summed E-state index contributed by atoms with van der Waals surface area (Å²) in [6.45, 7) is 4.78. The molecule has 1 aliphatic heterocycles. The zero-order valence-corrected chi connectivity index (χ0v) is 13.9. The number of halogens is 1. The van der Waals surface area contributed by atoms with E-state index in [0.717, 1.165) is 44.0 Å². The first-order chi connectivity index (χ1) is 11.1. The molecule has 0 radical (unpaired) electrons. The number of amides is 1. The first-order valence-corrected chi connectivity index (χ1v) is 8.88. The number of hydrogen-bond donors (Lipinski definition) is 1. The molecule has 0 spiro atoms. The largest absolute Gasteiger partial charge is 0.342 e.